The summed E-state index contributed by atoms with van der Waals surface area (Å²) < 4.78 is 5.45. The third-order valence-corrected chi connectivity index (χ3v) is 2.06. The van der Waals surface area contributed by atoms with Crippen molar-refractivity contribution in [2.75, 3.05) is 0 Å². The van der Waals surface area contributed by atoms with E-state index in [1.807, 2.05) is 26.8 Å². The van der Waals surface area contributed by atoms with Gasteiger partial charge in [0.05, 0.1) is 0 Å². The first kappa shape index (κ1) is 13.8. The van der Waals surface area contributed by atoms with E-state index in [0.717, 1.165) is 23.5 Å². The molecule has 1 aromatic heterocycles. The van der Waals surface area contributed by atoms with Gasteiger partial charge in [0.1, 0.15) is 11.5 Å². The third kappa shape index (κ3) is 4.20. The smallest absolute Gasteiger partial charge is 0.133 e. The average molecular weight is 206 g/mol. The zero-order chi connectivity index (χ0) is 11.8. The van der Waals surface area contributed by atoms with Crippen molar-refractivity contribution in [1.82, 2.24) is 0 Å². The van der Waals surface area contributed by atoms with Crippen LogP contribution >= 0.6 is 0 Å². The van der Waals surface area contributed by atoms with Crippen molar-refractivity contribution in [3.63, 3.8) is 0 Å². The van der Waals surface area contributed by atoms with Gasteiger partial charge >= 0.3 is 0 Å². The Morgan fingerprint density at radius 1 is 1.47 bits per heavy atom. The monoisotopic (exact) mass is 206 g/mol. The van der Waals surface area contributed by atoms with E-state index in [2.05, 4.69) is 26.5 Å². The van der Waals surface area contributed by atoms with Crippen LogP contribution in [0.15, 0.2) is 22.6 Å². The van der Waals surface area contributed by atoms with Crippen LogP contribution in [0.3, 0.4) is 0 Å². The van der Waals surface area contributed by atoms with Crippen LogP contribution < -0.4 is 0 Å². The highest BCUT2D eigenvalue weighted by molar-refractivity contribution is 5.62. The molecule has 0 radical (unpaired) electrons. The average Bonchev–Trinajstić information content (AvgIpc) is 2.61. The van der Waals surface area contributed by atoms with Crippen LogP contribution in [0.2, 0.25) is 0 Å². The molecule has 0 aromatic carbocycles. The Hall–Kier alpha value is -1.24. The van der Waals surface area contributed by atoms with Crippen LogP contribution in [0.5, 0.6) is 0 Å². The van der Waals surface area contributed by atoms with Gasteiger partial charge in [-0.25, -0.2) is 0 Å². The van der Waals surface area contributed by atoms with Gasteiger partial charge in [-0.1, -0.05) is 39.0 Å². The molecule has 0 atom stereocenters. The van der Waals surface area contributed by atoms with E-state index in [-0.39, 0.29) is 0 Å². The van der Waals surface area contributed by atoms with E-state index < -0.39 is 0 Å². The van der Waals surface area contributed by atoms with Crippen LogP contribution in [0.4, 0.5) is 0 Å². The summed E-state index contributed by atoms with van der Waals surface area (Å²) in [4.78, 5) is 0. The van der Waals surface area contributed by atoms with Crippen LogP contribution in [0.25, 0.3) is 12.2 Å². The molecule has 1 aromatic rings. The van der Waals surface area contributed by atoms with Crippen LogP contribution in [-0.4, -0.2) is 0 Å². The lowest BCUT2D eigenvalue weighted by Gasteiger charge is -1.94. The molecular formula is C14H22O. The number of hydrogen-bond donors (Lipinski definition) is 0. The molecule has 0 saturated heterocycles. The highest BCUT2D eigenvalue weighted by Crippen LogP contribution is 2.19. The van der Waals surface area contributed by atoms with E-state index in [9.17, 15) is 0 Å². The summed E-state index contributed by atoms with van der Waals surface area (Å²) >= 11 is 0. The van der Waals surface area contributed by atoms with E-state index in [4.69, 9.17) is 4.42 Å². The molecule has 0 unspecified atom stereocenters. The summed E-state index contributed by atoms with van der Waals surface area (Å²) in [5, 5.41) is 0. The van der Waals surface area contributed by atoms with Gasteiger partial charge in [-0.05, 0) is 32.4 Å². The zero-order valence-electron chi connectivity index (χ0n) is 10.6. The molecule has 1 rings (SSSR count). The van der Waals surface area contributed by atoms with Crippen molar-refractivity contribution in [2.24, 2.45) is 0 Å². The van der Waals surface area contributed by atoms with E-state index >= 15 is 0 Å². The highest BCUT2D eigenvalue weighted by atomic mass is 16.3. The summed E-state index contributed by atoms with van der Waals surface area (Å²) in [7, 11) is 0. The van der Waals surface area contributed by atoms with Crippen molar-refractivity contribution in [2.45, 2.75) is 41.0 Å². The topological polar surface area (TPSA) is 13.1 Å². The molecule has 0 saturated carbocycles. The number of hydrogen-bond acceptors (Lipinski definition) is 1. The largest absolute Gasteiger partial charge is 0.461 e. The molecule has 0 N–H and O–H groups in total. The lowest BCUT2D eigenvalue weighted by Crippen LogP contribution is -1.74. The minimum atomic E-state index is 0.866. The Bertz CT molecular complexity index is 329. The molecular weight excluding hydrogens is 184 g/mol. The standard InChI is InChI=1S/C12H16O.C2H6/c1-5-9(3)7-11-8-10(4)13-12(11)6-2;1-2/h6-8H,2,5H2,1,3-4H3;1-2H3/b9-7+;. The molecule has 0 aliphatic rings. The van der Waals surface area contributed by atoms with Crippen molar-refractivity contribution in [3.05, 3.63) is 35.3 Å². The SMILES string of the molecule is C=Cc1oc(C)cc1/C=C(\C)CC.CC. The summed E-state index contributed by atoms with van der Waals surface area (Å²) in [6, 6.07) is 2.04. The van der Waals surface area contributed by atoms with Crippen LogP contribution in [0.1, 0.15) is 51.2 Å². The van der Waals surface area contributed by atoms with Gasteiger partial charge in [0, 0.05) is 5.56 Å². The number of allylic oxidation sites excluding steroid dienone is 1. The Morgan fingerprint density at radius 2 is 2.07 bits per heavy atom. The molecule has 0 spiro atoms. The van der Waals surface area contributed by atoms with E-state index in [1.165, 1.54) is 5.57 Å². The molecule has 1 heterocycles. The molecule has 1 nitrogen and oxygen atoms in total. The van der Waals surface area contributed by atoms with Crippen molar-refractivity contribution < 1.29 is 4.42 Å². The second kappa shape index (κ2) is 7.10. The van der Waals surface area contributed by atoms with Gasteiger partial charge in [-0.2, -0.15) is 0 Å². The maximum Gasteiger partial charge on any atom is 0.133 e. The van der Waals surface area contributed by atoms with Crippen molar-refractivity contribution in [1.29, 1.82) is 0 Å². The summed E-state index contributed by atoms with van der Waals surface area (Å²) in [6.07, 6.45) is 4.97. The van der Waals surface area contributed by atoms with Crippen LogP contribution in [0, 0.1) is 6.92 Å². The van der Waals surface area contributed by atoms with E-state index in [1.54, 1.807) is 6.08 Å². The second-order valence-corrected chi connectivity index (χ2v) is 3.23. The van der Waals surface area contributed by atoms with Gasteiger partial charge in [-0.3, -0.25) is 0 Å². The quantitative estimate of drug-likeness (QED) is 0.673. The minimum absolute atomic E-state index is 0.866. The molecule has 0 amide bonds. The number of rotatable bonds is 3. The predicted octanol–water partition coefficient (Wildman–Crippen LogP) is 5.07. The fourth-order valence-electron chi connectivity index (χ4n) is 1.19. The molecule has 0 fully saturated rings. The summed E-state index contributed by atoms with van der Waals surface area (Å²) in [5.74, 6) is 1.80. The first-order chi connectivity index (χ1) is 7.17. The molecule has 84 valence electrons. The Morgan fingerprint density at radius 3 is 2.53 bits per heavy atom. The Labute approximate surface area is 93.5 Å². The van der Waals surface area contributed by atoms with Gasteiger partial charge in [0.2, 0.25) is 0 Å². The molecule has 1 heteroatoms. The Balaban J connectivity index is 0.000000921. The highest BCUT2D eigenvalue weighted by Gasteiger charge is 2.02. The van der Waals surface area contributed by atoms with E-state index in [0.29, 0.717) is 0 Å². The fourth-order valence-corrected chi connectivity index (χ4v) is 1.19. The lowest BCUT2D eigenvalue weighted by molar-refractivity contribution is 0.524. The first-order valence-electron chi connectivity index (χ1n) is 5.57. The van der Waals surface area contributed by atoms with Gasteiger partial charge in [0.25, 0.3) is 0 Å². The number of furan rings is 1. The van der Waals surface area contributed by atoms with Crippen molar-refractivity contribution >= 4 is 12.2 Å². The normalized spacial score (nSPS) is 10.6. The van der Waals surface area contributed by atoms with Crippen LogP contribution in [-0.2, 0) is 0 Å². The lowest BCUT2D eigenvalue weighted by atomic mass is 10.1. The summed E-state index contributed by atoms with van der Waals surface area (Å²) in [5.41, 5.74) is 2.48. The van der Waals surface area contributed by atoms with Gasteiger partial charge < -0.3 is 4.42 Å². The second-order valence-electron chi connectivity index (χ2n) is 3.23. The molecule has 15 heavy (non-hydrogen) atoms. The predicted molar refractivity (Wildman–Crippen MR) is 68.8 cm³/mol. The molecule has 0 bridgehead atoms. The maximum atomic E-state index is 5.45. The fraction of sp³-hybridized carbons (Fsp3) is 0.429. The maximum absolute atomic E-state index is 5.45. The van der Waals surface area contributed by atoms with Crippen molar-refractivity contribution in [3.8, 4) is 0 Å². The first-order valence-corrected chi connectivity index (χ1v) is 5.57. The third-order valence-electron chi connectivity index (χ3n) is 2.06. The molecule has 0 aliphatic heterocycles. The Kier molecular flexibility index (Phi) is 6.52. The minimum Gasteiger partial charge on any atom is -0.461 e. The van der Waals surface area contributed by atoms with Gasteiger partial charge in [0.15, 0.2) is 0 Å². The number of aryl methyl sites for hydroxylation is 1. The zero-order valence-corrected chi connectivity index (χ0v) is 10.6. The molecule has 0 aliphatic carbocycles. The summed E-state index contributed by atoms with van der Waals surface area (Å²) in [6.45, 7) is 13.9. The van der Waals surface area contributed by atoms with Gasteiger partial charge in [-0.15, -0.1) is 0 Å².